The Kier molecular flexibility index (Phi) is 1.97. The van der Waals surface area contributed by atoms with Crippen LogP contribution in [0.5, 0.6) is 6.01 Å². The Morgan fingerprint density at radius 1 is 1.24 bits per heavy atom. The second kappa shape index (κ2) is 3.48. The summed E-state index contributed by atoms with van der Waals surface area (Å²) in [5.41, 5.74) is 0.820. The molecule has 1 N–H and O–H groups in total. The molecule has 7 heteroatoms. The second-order valence-electron chi connectivity index (χ2n) is 3.34. The van der Waals surface area contributed by atoms with Gasteiger partial charge in [-0.2, -0.15) is 14.6 Å². The van der Waals surface area contributed by atoms with E-state index < -0.39 is 5.82 Å². The maximum absolute atomic E-state index is 13.0. The van der Waals surface area contributed by atoms with Crippen molar-refractivity contribution in [1.29, 1.82) is 0 Å². The van der Waals surface area contributed by atoms with Gasteiger partial charge in [0.1, 0.15) is 5.82 Å². The summed E-state index contributed by atoms with van der Waals surface area (Å²) in [5, 5.41) is 13.4. The van der Waals surface area contributed by atoms with Crippen LogP contribution in [0.4, 0.5) is 4.39 Å². The van der Waals surface area contributed by atoms with Crippen LogP contribution in [0, 0.1) is 5.82 Å². The minimum atomic E-state index is -0.487. The molecule has 0 aromatic carbocycles. The van der Waals surface area contributed by atoms with E-state index in [2.05, 4.69) is 20.1 Å². The Hall–Kier alpha value is -2.57. The normalized spacial score (nSPS) is 10.9. The topological polar surface area (TPSA) is 76.2 Å². The van der Waals surface area contributed by atoms with Gasteiger partial charge in [0, 0.05) is 17.8 Å². The maximum Gasteiger partial charge on any atom is 0.319 e. The van der Waals surface area contributed by atoms with Crippen LogP contribution in [0.25, 0.3) is 17.0 Å². The highest BCUT2D eigenvalue weighted by Crippen LogP contribution is 2.18. The number of aromatic nitrogens is 5. The second-order valence-corrected chi connectivity index (χ2v) is 3.34. The molecule has 0 bridgehead atoms. The molecule has 0 aliphatic rings. The molecule has 0 spiro atoms. The quantitative estimate of drug-likeness (QED) is 0.676. The van der Waals surface area contributed by atoms with E-state index >= 15 is 0 Å². The van der Waals surface area contributed by atoms with Crippen molar-refractivity contribution in [2.45, 2.75) is 0 Å². The van der Waals surface area contributed by atoms with Crippen molar-refractivity contribution in [2.75, 3.05) is 0 Å². The summed E-state index contributed by atoms with van der Waals surface area (Å²) in [6, 6.07) is 2.55. The number of nitrogens with zero attached hydrogens (tertiary/aromatic N) is 5. The first-order chi connectivity index (χ1) is 8.24. The van der Waals surface area contributed by atoms with E-state index in [9.17, 15) is 9.50 Å². The number of hydrogen-bond donors (Lipinski definition) is 1. The zero-order valence-corrected chi connectivity index (χ0v) is 8.45. The van der Waals surface area contributed by atoms with Gasteiger partial charge in [-0.3, -0.25) is 4.98 Å². The fourth-order valence-corrected chi connectivity index (χ4v) is 1.47. The zero-order chi connectivity index (χ0) is 11.8. The van der Waals surface area contributed by atoms with Crippen molar-refractivity contribution in [3.05, 3.63) is 36.5 Å². The highest BCUT2D eigenvalue weighted by molar-refractivity contribution is 5.56. The SMILES string of the molecule is Oc1nc(-c2cncc(F)c2)nc2ccnn12. The third kappa shape index (κ3) is 1.57. The van der Waals surface area contributed by atoms with Crippen molar-refractivity contribution in [3.8, 4) is 17.4 Å². The Labute approximate surface area is 94.4 Å². The van der Waals surface area contributed by atoms with Crippen LogP contribution in [0.3, 0.4) is 0 Å². The van der Waals surface area contributed by atoms with Crippen molar-refractivity contribution >= 4 is 5.65 Å². The molecule has 0 saturated carbocycles. The average molecular weight is 231 g/mol. The molecule has 0 radical (unpaired) electrons. The van der Waals surface area contributed by atoms with Crippen LogP contribution in [-0.2, 0) is 0 Å². The molecule has 0 aliphatic heterocycles. The lowest BCUT2D eigenvalue weighted by atomic mass is 10.2. The minimum absolute atomic E-state index is 0.197. The molecule has 6 nitrogen and oxygen atoms in total. The molecule has 3 rings (SSSR count). The number of rotatable bonds is 1. The smallest absolute Gasteiger partial charge is 0.319 e. The van der Waals surface area contributed by atoms with Crippen molar-refractivity contribution in [1.82, 2.24) is 24.6 Å². The molecule has 0 unspecified atom stereocenters. The summed E-state index contributed by atoms with van der Waals surface area (Å²) in [4.78, 5) is 11.7. The van der Waals surface area contributed by atoms with Gasteiger partial charge in [0.15, 0.2) is 11.5 Å². The fourth-order valence-electron chi connectivity index (χ4n) is 1.47. The lowest BCUT2D eigenvalue weighted by Gasteiger charge is -2.01. The number of halogens is 1. The summed E-state index contributed by atoms with van der Waals surface area (Å²) in [6.45, 7) is 0. The lowest BCUT2D eigenvalue weighted by molar-refractivity contribution is 0.412. The molecule has 0 atom stereocenters. The monoisotopic (exact) mass is 231 g/mol. The fraction of sp³-hybridized carbons (Fsp3) is 0. The summed E-state index contributed by atoms with van der Waals surface area (Å²) >= 11 is 0. The standard InChI is InChI=1S/C10H6FN5O/c11-7-3-6(4-12-5-7)9-14-8-1-2-13-16(8)10(17)15-9/h1-5H,(H,14,15,17). The summed E-state index contributed by atoms with van der Waals surface area (Å²) in [5.74, 6) is -0.290. The van der Waals surface area contributed by atoms with Gasteiger partial charge >= 0.3 is 6.01 Å². The Bertz CT molecular complexity index is 696. The van der Waals surface area contributed by atoms with Crippen LogP contribution in [0.1, 0.15) is 0 Å². The molecule has 84 valence electrons. The number of pyridine rings is 1. The van der Waals surface area contributed by atoms with Gasteiger partial charge < -0.3 is 5.11 Å². The van der Waals surface area contributed by atoms with E-state index in [0.29, 0.717) is 11.2 Å². The third-order valence-electron chi connectivity index (χ3n) is 2.20. The summed E-state index contributed by atoms with van der Waals surface area (Å²) < 4.78 is 14.2. The average Bonchev–Trinajstić information content (AvgIpc) is 2.77. The molecule has 0 fully saturated rings. The number of fused-ring (bicyclic) bond motifs is 1. The van der Waals surface area contributed by atoms with E-state index in [0.717, 1.165) is 6.20 Å². The first kappa shape index (κ1) is 9.64. The molecule has 3 heterocycles. The summed E-state index contributed by atoms with van der Waals surface area (Å²) in [6.07, 6.45) is 3.99. The highest BCUT2D eigenvalue weighted by atomic mass is 19.1. The van der Waals surface area contributed by atoms with E-state index in [4.69, 9.17) is 0 Å². The van der Waals surface area contributed by atoms with Gasteiger partial charge in [0.05, 0.1) is 12.4 Å². The predicted octanol–water partition coefficient (Wildman–Crippen LogP) is 1.03. The van der Waals surface area contributed by atoms with Crippen LogP contribution in [0.2, 0.25) is 0 Å². The molecule has 0 saturated heterocycles. The Morgan fingerprint density at radius 3 is 2.94 bits per heavy atom. The molecule has 17 heavy (non-hydrogen) atoms. The van der Waals surface area contributed by atoms with Crippen LogP contribution >= 0.6 is 0 Å². The maximum atomic E-state index is 13.0. The number of hydrogen-bond acceptors (Lipinski definition) is 5. The first-order valence-electron chi connectivity index (χ1n) is 4.76. The Balaban J connectivity index is 2.23. The van der Waals surface area contributed by atoms with Gasteiger partial charge in [-0.05, 0) is 6.07 Å². The molecular formula is C10H6FN5O. The van der Waals surface area contributed by atoms with E-state index in [1.807, 2.05) is 0 Å². The zero-order valence-electron chi connectivity index (χ0n) is 8.45. The molecular weight excluding hydrogens is 225 g/mol. The lowest BCUT2D eigenvalue weighted by Crippen LogP contribution is -1.98. The van der Waals surface area contributed by atoms with E-state index in [1.165, 1.54) is 23.0 Å². The van der Waals surface area contributed by atoms with E-state index in [1.54, 1.807) is 6.07 Å². The minimum Gasteiger partial charge on any atom is -0.479 e. The predicted molar refractivity (Wildman–Crippen MR) is 55.6 cm³/mol. The molecule has 3 aromatic rings. The van der Waals surface area contributed by atoms with Crippen LogP contribution in [0.15, 0.2) is 30.7 Å². The third-order valence-corrected chi connectivity index (χ3v) is 2.20. The molecule has 0 amide bonds. The van der Waals surface area contributed by atoms with Crippen molar-refractivity contribution in [2.24, 2.45) is 0 Å². The van der Waals surface area contributed by atoms with Crippen molar-refractivity contribution < 1.29 is 9.50 Å². The van der Waals surface area contributed by atoms with Crippen LogP contribution < -0.4 is 0 Å². The van der Waals surface area contributed by atoms with Gasteiger partial charge in [0.25, 0.3) is 0 Å². The van der Waals surface area contributed by atoms with Gasteiger partial charge in [-0.15, -0.1) is 0 Å². The van der Waals surface area contributed by atoms with Crippen molar-refractivity contribution in [3.63, 3.8) is 0 Å². The molecule has 3 aromatic heterocycles. The first-order valence-corrected chi connectivity index (χ1v) is 4.76. The highest BCUT2D eigenvalue weighted by Gasteiger charge is 2.09. The van der Waals surface area contributed by atoms with Gasteiger partial charge in [0.2, 0.25) is 0 Å². The molecule has 0 aliphatic carbocycles. The Morgan fingerprint density at radius 2 is 2.12 bits per heavy atom. The van der Waals surface area contributed by atoms with Crippen LogP contribution in [-0.4, -0.2) is 29.7 Å². The summed E-state index contributed by atoms with van der Waals surface area (Å²) in [7, 11) is 0. The van der Waals surface area contributed by atoms with Gasteiger partial charge in [-0.25, -0.2) is 9.37 Å². The number of aromatic hydroxyl groups is 1. The largest absolute Gasteiger partial charge is 0.479 e. The van der Waals surface area contributed by atoms with Gasteiger partial charge in [-0.1, -0.05) is 0 Å². The van der Waals surface area contributed by atoms with E-state index in [-0.39, 0.29) is 11.8 Å².